The number of benzene rings is 8. The van der Waals surface area contributed by atoms with Gasteiger partial charge in [0.05, 0.1) is 11.1 Å². The van der Waals surface area contributed by atoms with Gasteiger partial charge in [0.25, 0.3) is 0 Å². The first-order chi connectivity index (χ1) is 26.2. The first-order valence-corrected chi connectivity index (χ1v) is 18.5. The van der Waals surface area contributed by atoms with Crippen LogP contribution in [0.1, 0.15) is 49.9 Å². The van der Waals surface area contributed by atoms with Gasteiger partial charge in [0.15, 0.2) is 0 Å². The Bertz CT molecular complexity index is 2750. The van der Waals surface area contributed by atoms with Gasteiger partial charge in [-0.15, -0.1) is 5.56 Å². The topological polar surface area (TPSA) is 0 Å². The van der Waals surface area contributed by atoms with Crippen molar-refractivity contribution in [2.75, 3.05) is 0 Å². The summed E-state index contributed by atoms with van der Waals surface area (Å²) < 4.78 is 82.8. The van der Waals surface area contributed by atoms with Crippen LogP contribution in [0, 0.1) is 17.9 Å². The largest absolute Gasteiger partial charge is 0.416 e. The fraction of sp³-hybridized carbons (Fsp3) is 0.184. The summed E-state index contributed by atoms with van der Waals surface area (Å²) >= 11 is 0. The van der Waals surface area contributed by atoms with Gasteiger partial charge in [-0.1, -0.05) is 88.4 Å². The maximum absolute atomic E-state index is 13.8. The van der Waals surface area contributed by atoms with E-state index in [1.807, 2.05) is 30.3 Å². The molecule has 0 nitrogen and oxygen atoms in total. The Balaban J connectivity index is 0.00000441. The van der Waals surface area contributed by atoms with E-state index in [1.165, 1.54) is 5.56 Å². The number of hydrogen-bond donors (Lipinski definition) is 0. The molecular formula is C49H35F6Fm-. The molecule has 7 heteroatoms. The maximum atomic E-state index is 13.8. The van der Waals surface area contributed by atoms with Crippen LogP contribution in [0.25, 0.3) is 76.8 Å². The van der Waals surface area contributed by atoms with E-state index in [2.05, 4.69) is 82.3 Å². The molecule has 0 aliphatic heterocycles. The molecule has 0 unspecified atom stereocenters. The van der Waals surface area contributed by atoms with Crippen molar-refractivity contribution in [1.82, 2.24) is 0 Å². The molecule has 8 aromatic rings. The summed E-state index contributed by atoms with van der Waals surface area (Å²) in [7, 11) is 0. The first-order valence-electron chi connectivity index (χ1n) is 18.5. The molecule has 0 aromatic heterocycles. The fourth-order valence-corrected chi connectivity index (χ4v) is 9.73. The molecule has 1 aliphatic rings. The normalized spacial score (nSPS) is 13.9. The van der Waals surface area contributed by atoms with E-state index < -0.39 is 28.9 Å². The molecule has 286 valence electrons. The zero-order valence-corrected chi connectivity index (χ0v) is 33.2. The van der Waals surface area contributed by atoms with Crippen LogP contribution in [0.4, 0.5) is 26.3 Å². The van der Waals surface area contributed by atoms with Crippen molar-refractivity contribution >= 4 is 32.3 Å². The van der Waals surface area contributed by atoms with E-state index >= 15 is 0 Å². The Morgan fingerprint density at radius 3 is 1.43 bits per heavy atom. The molecule has 0 saturated carbocycles. The van der Waals surface area contributed by atoms with E-state index in [1.54, 1.807) is 24.3 Å². The Morgan fingerprint density at radius 1 is 0.446 bits per heavy atom. The number of rotatable bonds is 5. The minimum absolute atomic E-state index is 0. The van der Waals surface area contributed by atoms with Gasteiger partial charge in [0.2, 0.25) is 0 Å². The van der Waals surface area contributed by atoms with E-state index in [9.17, 15) is 26.3 Å². The van der Waals surface area contributed by atoms with E-state index in [0.29, 0.717) is 11.1 Å². The summed E-state index contributed by atoms with van der Waals surface area (Å²) in [5, 5.41) is 5.85. The standard InChI is InChI=1S/C49H35F6.Fm/c1-27(2)47(28(3)4)42-13-9-8-12-34(42)40-25-38(30-14-18-32(19-15-30)48(50,51)52)36-23-22-35-37(29-10-6-5-7-11-29)24-39(31-16-20-33(21-17-31)49(53,54)55)41-26-43(47)45(40)46(36)44(35)41;/h6-28H,1-4H3;/q-1;. The third kappa shape index (κ3) is 5.10. The Morgan fingerprint density at radius 2 is 0.911 bits per heavy atom. The van der Waals surface area contributed by atoms with Crippen LogP contribution in [0.15, 0.2) is 127 Å². The average molecular weight is 995 g/mol. The molecule has 0 atom stereocenters. The third-order valence-corrected chi connectivity index (χ3v) is 12.0. The van der Waals surface area contributed by atoms with Crippen LogP contribution >= 0.6 is 0 Å². The summed E-state index contributed by atoms with van der Waals surface area (Å²) in [5.74, 6) is 0.292. The summed E-state index contributed by atoms with van der Waals surface area (Å²) in [6, 6.07) is 40.6. The van der Waals surface area contributed by atoms with Crippen molar-refractivity contribution in [3.8, 4) is 44.5 Å². The third-order valence-electron chi connectivity index (χ3n) is 12.0. The number of hydrogen-bond acceptors (Lipinski definition) is 0. The van der Waals surface area contributed by atoms with Gasteiger partial charge in [0, 0.05) is 5.41 Å². The van der Waals surface area contributed by atoms with Crippen molar-refractivity contribution in [3.63, 3.8) is 0 Å². The second-order valence-electron chi connectivity index (χ2n) is 15.4. The Labute approximate surface area is 315 Å². The summed E-state index contributed by atoms with van der Waals surface area (Å²) in [4.78, 5) is 0. The molecule has 0 N–H and O–H groups in total. The summed E-state index contributed by atoms with van der Waals surface area (Å²) in [6.07, 6.45) is -8.96. The quantitative estimate of drug-likeness (QED) is 0.0916. The van der Waals surface area contributed by atoms with Gasteiger partial charge in [-0.05, 0) is 137 Å². The zero-order valence-electron chi connectivity index (χ0n) is 30.8. The average Bonchev–Trinajstić information content (AvgIpc) is 3.17. The van der Waals surface area contributed by atoms with Gasteiger partial charge >= 0.3 is 12.4 Å². The van der Waals surface area contributed by atoms with E-state index in [0.717, 1.165) is 95.5 Å². The maximum Gasteiger partial charge on any atom is 0.416 e. The van der Waals surface area contributed by atoms with Gasteiger partial charge in [0.1, 0.15) is 0 Å². The van der Waals surface area contributed by atoms with Crippen LogP contribution in [-0.4, -0.2) is 0 Å². The van der Waals surface area contributed by atoms with Crippen molar-refractivity contribution in [3.05, 3.63) is 156 Å². The molecule has 0 fully saturated rings. The molecule has 8 aromatic carbocycles. The molecule has 0 heterocycles. The molecule has 0 spiro atoms. The Hall–Kier alpha value is -6.62. The zero-order chi connectivity index (χ0) is 38.6. The Kier molecular flexibility index (Phi) is 8.09. The van der Waals surface area contributed by atoms with Gasteiger partial charge in [-0.2, -0.15) is 56.7 Å². The van der Waals surface area contributed by atoms with Crippen LogP contribution in [-0.2, 0) is 17.8 Å². The molecule has 9 rings (SSSR count). The predicted molar refractivity (Wildman–Crippen MR) is 211 cm³/mol. The van der Waals surface area contributed by atoms with Crippen molar-refractivity contribution in [2.45, 2.75) is 45.5 Å². The molecular weight excluding hydrogens is 960 g/mol. The smallest absolute Gasteiger partial charge is 0.184 e. The van der Waals surface area contributed by atoms with Gasteiger partial charge in [-0.3, -0.25) is 0 Å². The van der Waals surface area contributed by atoms with Gasteiger partial charge < -0.3 is 0 Å². The van der Waals surface area contributed by atoms with Crippen molar-refractivity contribution in [1.29, 1.82) is 0 Å². The molecule has 0 bridgehead atoms. The monoisotopic (exact) mass is 994 g/mol. The van der Waals surface area contributed by atoms with Crippen LogP contribution < -0.4 is 0 Å². The van der Waals surface area contributed by atoms with E-state index in [4.69, 9.17) is 0 Å². The first kappa shape index (κ1) is 36.4. The van der Waals surface area contributed by atoms with Crippen molar-refractivity contribution in [2.24, 2.45) is 11.8 Å². The molecule has 0 saturated heterocycles. The minimum Gasteiger partial charge on any atom is -0.184 e. The number of alkyl halides is 6. The molecule has 56 heavy (non-hydrogen) atoms. The van der Waals surface area contributed by atoms with Crippen LogP contribution in [0.2, 0.25) is 0 Å². The summed E-state index contributed by atoms with van der Waals surface area (Å²) in [6.45, 7) is 9.00. The number of fused-ring (bicyclic) bond motifs is 2. The second-order valence-corrected chi connectivity index (χ2v) is 15.4. The SMILES string of the molecule is CC(C)C1(C(C)C)c2ccccc2-c2cc(-c3ccc(C(F)(F)F)cc3)c3ccc4c(-c5cc[c-]cc5)cc(-c5ccc(C(F)(F)F)cc5)c5cc1c2c3c45.[Fm]. The van der Waals surface area contributed by atoms with Crippen LogP contribution in [0.5, 0.6) is 0 Å². The summed E-state index contributed by atoms with van der Waals surface area (Å²) in [5.41, 5.74) is 7.32. The van der Waals surface area contributed by atoms with Crippen molar-refractivity contribution < 1.29 is 26.3 Å². The predicted octanol–water partition coefficient (Wildman–Crippen LogP) is 15.0. The molecule has 0 amide bonds. The van der Waals surface area contributed by atoms with Crippen LogP contribution in [0.3, 0.4) is 0 Å². The molecule has 1 aliphatic carbocycles. The molecule has 0 radical (unpaired) electrons. The fourth-order valence-electron chi connectivity index (χ4n) is 9.73. The van der Waals surface area contributed by atoms with E-state index in [-0.39, 0.29) is 11.8 Å². The second kappa shape index (κ2) is 12.5. The minimum atomic E-state index is -4.48. The van der Waals surface area contributed by atoms with Gasteiger partial charge in [-0.25, -0.2) is 0 Å². The number of halogens is 6.